The van der Waals surface area contributed by atoms with Crippen LogP contribution in [0, 0.1) is 6.57 Å². The van der Waals surface area contributed by atoms with E-state index in [0.717, 1.165) is 52.8 Å². The van der Waals surface area contributed by atoms with Crippen LogP contribution in [0.3, 0.4) is 0 Å². The minimum atomic E-state index is -0.819. The summed E-state index contributed by atoms with van der Waals surface area (Å²) in [6.45, 7) is 14.6. The fourth-order valence-electron chi connectivity index (χ4n) is 8.19. The lowest BCUT2D eigenvalue weighted by molar-refractivity contribution is 0.163. The number of hydrogen-bond donors (Lipinski definition) is 0. The van der Waals surface area contributed by atoms with Crippen LogP contribution >= 0.6 is 0 Å². The van der Waals surface area contributed by atoms with Crippen molar-refractivity contribution in [2.75, 3.05) is 7.11 Å². The molecule has 0 saturated carbocycles. The summed E-state index contributed by atoms with van der Waals surface area (Å²) in [5.74, 6) is 1.74. The number of benzene rings is 5. The molecular weight excluding hydrogens is 574 g/mol. The van der Waals surface area contributed by atoms with Gasteiger partial charge >= 0.3 is 0 Å². The second-order valence-corrected chi connectivity index (χ2v) is 13.1. The van der Waals surface area contributed by atoms with Gasteiger partial charge in [0, 0.05) is 27.5 Å². The van der Waals surface area contributed by atoms with Gasteiger partial charge in [0.2, 0.25) is 0 Å². The van der Waals surface area contributed by atoms with Crippen LogP contribution in [-0.2, 0) is 17.4 Å². The zero-order chi connectivity index (χ0) is 32.6. The molecule has 1 aliphatic carbocycles. The molecule has 3 nitrogen and oxygen atoms in total. The largest absolute Gasteiger partial charge is 0.497 e. The highest BCUT2D eigenvalue weighted by Crippen LogP contribution is 2.60. The maximum Gasteiger partial charge on any atom is 0.187 e. The summed E-state index contributed by atoms with van der Waals surface area (Å²) in [7, 11) is 1.71. The van der Waals surface area contributed by atoms with Crippen LogP contribution in [0.4, 0.5) is 5.69 Å². The van der Waals surface area contributed by atoms with Crippen LogP contribution in [-0.4, -0.2) is 7.11 Å². The highest BCUT2D eigenvalue weighted by molar-refractivity contribution is 6.08. The Hall–Kier alpha value is -4.81. The molecule has 2 aliphatic rings. The third kappa shape index (κ3) is 4.85. The Labute approximate surface area is 279 Å². The first-order valence-electron chi connectivity index (χ1n) is 17.3. The smallest absolute Gasteiger partial charge is 0.187 e. The predicted molar refractivity (Wildman–Crippen MR) is 195 cm³/mol. The lowest BCUT2D eigenvalue weighted by Gasteiger charge is -2.39. The third-order valence-corrected chi connectivity index (χ3v) is 10.8. The molecule has 0 bridgehead atoms. The number of fused-ring (bicyclic) bond motifs is 8. The van der Waals surface area contributed by atoms with Gasteiger partial charge in [-0.15, -0.1) is 0 Å². The van der Waals surface area contributed by atoms with E-state index in [1.807, 2.05) is 18.2 Å². The third-order valence-electron chi connectivity index (χ3n) is 10.8. The van der Waals surface area contributed by atoms with E-state index in [1.54, 1.807) is 7.11 Å². The predicted octanol–water partition coefficient (Wildman–Crippen LogP) is 12.0. The minimum absolute atomic E-state index is 0.216. The second-order valence-electron chi connectivity index (χ2n) is 13.1. The van der Waals surface area contributed by atoms with Crippen molar-refractivity contribution in [2.45, 2.75) is 76.7 Å². The summed E-state index contributed by atoms with van der Waals surface area (Å²) < 4.78 is 13.1. The Bertz CT molecular complexity index is 2010. The highest BCUT2D eigenvalue weighted by atomic mass is 16.5. The molecule has 0 spiro atoms. The number of hydrogen-bond acceptors (Lipinski definition) is 2. The Morgan fingerprint density at radius 2 is 1.49 bits per heavy atom. The molecule has 47 heavy (non-hydrogen) atoms. The van der Waals surface area contributed by atoms with Crippen LogP contribution in [0.25, 0.3) is 32.8 Å². The van der Waals surface area contributed by atoms with E-state index in [9.17, 15) is 0 Å². The fraction of sp³-hybridized carbons (Fsp3) is 0.295. The van der Waals surface area contributed by atoms with E-state index >= 15 is 0 Å². The molecule has 0 aromatic heterocycles. The van der Waals surface area contributed by atoms with E-state index in [2.05, 4.69) is 111 Å². The molecule has 7 rings (SSSR count). The first-order valence-corrected chi connectivity index (χ1v) is 17.3. The number of nitrogens with zero attached hydrogens (tertiary/aromatic N) is 1. The minimum Gasteiger partial charge on any atom is -0.497 e. The molecule has 1 unspecified atom stereocenters. The number of methoxy groups -OCH3 is 1. The Balaban J connectivity index is 1.45. The van der Waals surface area contributed by atoms with Crippen molar-refractivity contribution >= 4 is 22.5 Å². The van der Waals surface area contributed by atoms with E-state index in [0.29, 0.717) is 5.69 Å². The van der Waals surface area contributed by atoms with E-state index in [1.165, 1.54) is 58.9 Å². The quantitative estimate of drug-likeness (QED) is 0.115. The molecule has 0 saturated heterocycles. The first-order chi connectivity index (χ1) is 23.0. The SMILES string of the molecule is [C-]#[N+]c1ccc2c(c1)C(CC)(CC)c1c3c(c4ccccc4c1-2)OC(c1ccc(CCCCCC)cc1)(c1ccc(OC)cc1)C=C3. The molecule has 0 radical (unpaired) electrons. The van der Waals surface area contributed by atoms with Crippen molar-refractivity contribution in [3.05, 3.63) is 142 Å². The van der Waals surface area contributed by atoms with E-state index < -0.39 is 5.60 Å². The number of ether oxygens (including phenoxy) is 2. The van der Waals surface area contributed by atoms with Gasteiger partial charge in [0.1, 0.15) is 11.5 Å². The van der Waals surface area contributed by atoms with Crippen LogP contribution in [0.5, 0.6) is 11.5 Å². The van der Waals surface area contributed by atoms with Crippen molar-refractivity contribution < 1.29 is 9.47 Å². The number of aryl methyl sites for hydroxylation is 1. The lowest BCUT2D eigenvalue weighted by Crippen LogP contribution is -2.35. The van der Waals surface area contributed by atoms with Crippen LogP contribution in [0.15, 0.2) is 97.1 Å². The normalized spacial score (nSPS) is 17.0. The number of rotatable bonds is 10. The van der Waals surface area contributed by atoms with Crippen LogP contribution in [0.2, 0.25) is 0 Å². The summed E-state index contributed by atoms with van der Waals surface area (Å²) in [5.41, 5.74) is 9.46. The average Bonchev–Trinajstić information content (AvgIpc) is 3.43. The van der Waals surface area contributed by atoms with Gasteiger partial charge in [-0.25, -0.2) is 4.85 Å². The van der Waals surface area contributed by atoms with E-state index in [4.69, 9.17) is 16.0 Å². The number of unbranched alkanes of at least 4 members (excludes halogenated alkanes) is 3. The van der Waals surface area contributed by atoms with Gasteiger partial charge in [0.05, 0.1) is 13.7 Å². The molecule has 3 heteroatoms. The summed E-state index contributed by atoms with van der Waals surface area (Å²) in [5, 5.41) is 2.31. The Morgan fingerprint density at radius 1 is 0.787 bits per heavy atom. The average molecular weight is 618 g/mol. The summed E-state index contributed by atoms with van der Waals surface area (Å²) in [6.07, 6.45) is 12.6. The van der Waals surface area contributed by atoms with Gasteiger partial charge in [-0.05, 0) is 77.1 Å². The molecule has 236 valence electrons. The molecule has 1 aliphatic heterocycles. The Morgan fingerprint density at radius 3 is 2.15 bits per heavy atom. The second kappa shape index (κ2) is 12.4. The zero-order valence-corrected chi connectivity index (χ0v) is 28.0. The van der Waals surface area contributed by atoms with Gasteiger partial charge in [0.15, 0.2) is 11.3 Å². The molecule has 1 heterocycles. The van der Waals surface area contributed by atoms with Gasteiger partial charge in [0.25, 0.3) is 0 Å². The maximum absolute atomic E-state index is 7.78. The lowest BCUT2D eigenvalue weighted by atomic mass is 9.71. The first kappa shape index (κ1) is 30.8. The van der Waals surface area contributed by atoms with Gasteiger partial charge in [-0.1, -0.05) is 125 Å². The molecule has 5 aromatic carbocycles. The standard InChI is InChI=1S/C44H43NO2/c1-6-9-10-11-14-30-17-19-31(20-18-30)44(32-21-24-34(46-5)25-22-32)28-27-38-41-40(35-15-12-13-16-36(35)42(38)47-44)37-26-23-33(45-4)29-39(37)43(41,7-2)8-3/h12-13,15-29H,6-11,14H2,1-3,5H3. The van der Waals surface area contributed by atoms with Gasteiger partial charge < -0.3 is 9.47 Å². The monoisotopic (exact) mass is 617 g/mol. The molecule has 0 fully saturated rings. The fourth-order valence-corrected chi connectivity index (χ4v) is 8.19. The van der Waals surface area contributed by atoms with Crippen LogP contribution in [0.1, 0.15) is 92.7 Å². The molecule has 5 aromatic rings. The molecule has 0 N–H and O–H groups in total. The van der Waals surface area contributed by atoms with Crippen molar-refractivity contribution in [1.29, 1.82) is 0 Å². The topological polar surface area (TPSA) is 22.8 Å². The summed E-state index contributed by atoms with van der Waals surface area (Å²) >= 11 is 0. The zero-order valence-electron chi connectivity index (χ0n) is 28.0. The maximum atomic E-state index is 7.78. The van der Waals surface area contributed by atoms with Crippen molar-refractivity contribution in [3.63, 3.8) is 0 Å². The molecular formula is C44H43NO2. The van der Waals surface area contributed by atoms with E-state index in [-0.39, 0.29) is 5.41 Å². The van der Waals surface area contributed by atoms with Crippen molar-refractivity contribution in [2.24, 2.45) is 0 Å². The molecule has 0 amide bonds. The summed E-state index contributed by atoms with van der Waals surface area (Å²) in [6, 6.07) is 32.4. The Kier molecular flexibility index (Phi) is 8.15. The highest BCUT2D eigenvalue weighted by Gasteiger charge is 2.46. The van der Waals surface area contributed by atoms with Crippen LogP contribution < -0.4 is 9.47 Å². The van der Waals surface area contributed by atoms with Crippen molar-refractivity contribution in [1.82, 2.24) is 0 Å². The van der Waals surface area contributed by atoms with Gasteiger partial charge in [-0.2, -0.15) is 0 Å². The van der Waals surface area contributed by atoms with Crippen molar-refractivity contribution in [3.8, 4) is 22.6 Å². The molecule has 1 atom stereocenters. The van der Waals surface area contributed by atoms with Gasteiger partial charge in [-0.3, -0.25) is 0 Å². The summed E-state index contributed by atoms with van der Waals surface area (Å²) in [4.78, 5) is 3.83.